The summed E-state index contributed by atoms with van der Waals surface area (Å²) in [5.74, 6) is 0.682. The highest BCUT2D eigenvalue weighted by Gasteiger charge is 2.43. The maximum absolute atomic E-state index is 14.0. The molecule has 1 aliphatic heterocycles. The van der Waals surface area contributed by atoms with Crippen LogP contribution in [0, 0.1) is 0 Å². The first-order valence-corrected chi connectivity index (χ1v) is 12.6. The molecule has 4 rings (SSSR count). The molecule has 0 saturated heterocycles. The average molecular weight is 522 g/mol. The van der Waals surface area contributed by atoms with Crippen LogP contribution in [0.3, 0.4) is 0 Å². The number of carbonyl (C=O) groups is 2. The average Bonchev–Trinajstić information content (AvgIpc) is 2.90. The van der Waals surface area contributed by atoms with Crippen molar-refractivity contribution in [2.45, 2.75) is 51.6 Å². The molecule has 202 valence electrons. The molecule has 0 spiro atoms. The Hall–Kier alpha value is -3.94. The Labute approximate surface area is 223 Å². The first-order chi connectivity index (χ1) is 18.2. The lowest BCUT2D eigenvalue weighted by Gasteiger charge is -2.37. The summed E-state index contributed by atoms with van der Waals surface area (Å²) in [4.78, 5) is 27.4. The third kappa shape index (κ3) is 4.83. The van der Waals surface area contributed by atoms with Crippen LogP contribution in [0.25, 0.3) is 0 Å². The standard InChI is InChI=1S/C30H35NO7/c1-16(2)38-30(33)25-17(3)31-21-14-18(19-10-8-9-11-23(19)34-4)15-22(32)27(21)26(25)20-12-13-24(35-5)29(37-7)28(20)36-6/h8-13,16,18,26,31H,14-15H2,1-7H3/t18-,26-/m1/s1. The van der Waals surface area contributed by atoms with Crippen molar-refractivity contribution in [3.05, 3.63) is 70.1 Å². The predicted molar refractivity (Wildman–Crippen MR) is 143 cm³/mol. The second-order valence-corrected chi connectivity index (χ2v) is 9.64. The SMILES string of the molecule is COc1ccccc1[C@H]1CC(=O)C2=C(C1)NC(C)=C(C(=O)OC(C)C)[C@H]2c1ccc(OC)c(OC)c1OC. The molecule has 0 saturated carbocycles. The summed E-state index contributed by atoms with van der Waals surface area (Å²) < 4.78 is 28.1. The van der Waals surface area contributed by atoms with Gasteiger partial charge in [-0.1, -0.05) is 24.3 Å². The minimum Gasteiger partial charge on any atom is -0.496 e. The van der Waals surface area contributed by atoms with E-state index in [4.69, 9.17) is 23.7 Å². The molecule has 8 heteroatoms. The number of nitrogens with one attached hydrogen (secondary N) is 1. The largest absolute Gasteiger partial charge is 0.496 e. The van der Waals surface area contributed by atoms with Gasteiger partial charge in [-0.2, -0.15) is 0 Å². The predicted octanol–water partition coefficient (Wildman–Crippen LogP) is 5.03. The normalized spacial score (nSPS) is 19.1. The topological polar surface area (TPSA) is 92.3 Å². The summed E-state index contributed by atoms with van der Waals surface area (Å²) in [6, 6.07) is 11.3. The number of benzene rings is 2. The van der Waals surface area contributed by atoms with Gasteiger partial charge < -0.3 is 29.0 Å². The highest BCUT2D eigenvalue weighted by Crippen LogP contribution is 2.51. The smallest absolute Gasteiger partial charge is 0.337 e. The Morgan fingerprint density at radius 1 is 0.868 bits per heavy atom. The van der Waals surface area contributed by atoms with Crippen molar-refractivity contribution >= 4 is 11.8 Å². The van der Waals surface area contributed by atoms with E-state index in [-0.39, 0.29) is 24.2 Å². The van der Waals surface area contributed by atoms with Gasteiger partial charge in [-0.15, -0.1) is 0 Å². The molecule has 0 amide bonds. The Morgan fingerprint density at radius 3 is 2.18 bits per heavy atom. The van der Waals surface area contributed by atoms with Gasteiger partial charge in [0.05, 0.1) is 46.0 Å². The van der Waals surface area contributed by atoms with Crippen LogP contribution in [-0.4, -0.2) is 46.3 Å². The second kappa shape index (κ2) is 11.2. The lowest BCUT2D eigenvalue weighted by molar-refractivity contribution is -0.143. The summed E-state index contributed by atoms with van der Waals surface area (Å²) in [6.07, 6.45) is 0.527. The van der Waals surface area contributed by atoms with Crippen LogP contribution >= 0.6 is 0 Å². The molecule has 2 aliphatic rings. The van der Waals surface area contributed by atoms with E-state index in [2.05, 4.69) is 5.32 Å². The van der Waals surface area contributed by atoms with E-state index in [0.717, 1.165) is 17.0 Å². The molecular formula is C30H35NO7. The number of esters is 1. The van der Waals surface area contributed by atoms with E-state index in [9.17, 15) is 9.59 Å². The van der Waals surface area contributed by atoms with Gasteiger partial charge in [0.15, 0.2) is 17.3 Å². The Balaban J connectivity index is 1.91. The number of rotatable bonds is 8. The van der Waals surface area contributed by atoms with E-state index in [1.165, 1.54) is 14.2 Å². The van der Waals surface area contributed by atoms with Crippen molar-refractivity contribution in [2.75, 3.05) is 28.4 Å². The number of methoxy groups -OCH3 is 4. The van der Waals surface area contributed by atoms with Crippen LogP contribution in [0.4, 0.5) is 0 Å². The van der Waals surface area contributed by atoms with Crippen molar-refractivity contribution in [1.82, 2.24) is 5.32 Å². The van der Waals surface area contributed by atoms with E-state index >= 15 is 0 Å². The number of Topliss-reactive ketones (excluding diaryl/α,β-unsaturated/α-hetero) is 1. The quantitative estimate of drug-likeness (QED) is 0.484. The molecular weight excluding hydrogens is 486 g/mol. The zero-order valence-electron chi connectivity index (χ0n) is 23.0. The molecule has 0 unspecified atom stereocenters. The molecule has 1 heterocycles. The van der Waals surface area contributed by atoms with Crippen molar-refractivity contribution in [1.29, 1.82) is 0 Å². The minimum absolute atomic E-state index is 0.0566. The highest BCUT2D eigenvalue weighted by atomic mass is 16.5. The zero-order valence-corrected chi connectivity index (χ0v) is 23.0. The Morgan fingerprint density at radius 2 is 1.55 bits per heavy atom. The zero-order chi connectivity index (χ0) is 27.6. The van der Waals surface area contributed by atoms with E-state index < -0.39 is 11.9 Å². The fourth-order valence-corrected chi connectivity index (χ4v) is 5.47. The van der Waals surface area contributed by atoms with Crippen LogP contribution in [0.2, 0.25) is 0 Å². The maximum Gasteiger partial charge on any atom is 0.337 e. The number of hydrogen-bond donors (Lipinski definition) is 1. The van der Waals surface area contributed by atoms with E-state index in [1.54, 1.807) is 34.1 Å². The highest BCUT2D eigenvalue weighted by molar-refractivity contribution is 6.04. The fourth-order valence-electron chi connectivity index (χ4n) is 5.47. The van der Waals surface area contributed by atoms with Crippen LogP contribution in [-0.2, 0) is 14.3 Å². The van der Waals surface area contributed by atoms with Crippen molar-refractivity contribution in [3.63, 3.8) is 0 Å². The van der Waals surface area contributed by atoms with Crippen molar-refractivity contribution < 1.29 is 33.3 Å². The van der Waals surface area contributed by atoms with Crippen molar-refractivity contribution in [3.8, 4) is 23.0 Å². The lowest BCUT2D eigenvalue weighted by Crippen LogP contribution is -2.36. The minimum atomic E-state index is -0.710. The molecule has 2 atom stereocenters. The number of allylic oxidation sites excluding steroid dienone is 3. The van der Waals surface area contributed by atoms with Gasteiger partial charge >= 0.3 is 5.97 Å². The van der Waals surface area contributed by atoms with Crippen LogP contribution < -0.4 is 24.3 Å². The molecule has 38 heavy (non-hydrogen) atoms. The fraction of sp³-hybridized carbons (Fsp3) is 0.400. The Kier molecular flexibility index (Phi) is 7.99. The van der Waals surface area contributed by atoms with Gasteiger partial charge in [-0.25, -0.2) is 4.79 Å². The van der Waals surface area contributed by atoms with E-state index in [0.29, 0.717) is 46.1 Å². The molecule has 0 fully saturated rings. The maximum atomic E-state index is 14.0. The molecule has 0 radical (unpaired) electrons. The number of dihydropyridines is 1. The molecule has 0 aromatic heterocycles. The summed E-state index contributed by atoms with van der Waals surface area (Å²) in [6.45, 7) is 5.42. The Bertz CT molecular complexity index is 1310. The summed E-state index contributed by atoms with van der Waals surface area (Å²) in [5, 5.41) is 3.38. The first-order valence-electron chi connectivity index (χ1n) is 12.6. The van der Waals surface area contributed by atoms with Gasteiger partial charge in [-0.05, 0) is 44.9 Å². The van der Waals surface area contributed by atoms with Crippen LogP contribution in [0.1, 0.15) is 56.6 Å². The van der Waals surface area contributed by atoms with Crippen LogP contribution in [0.15, 0.2) is 58.9 Å². The molecule has 2 aromatic carbocycles. The number of para-hydroxylation sites is 1. The second-order valence-electron chi connectivity index (χ2n) is 9.64. The third-order valence-electron chi connectivity index (χ3n) is 7.01. The van der Waals surface area contributed by atoms with Crippen LogP contribution in [0.5, 0.6) is 23.0 Å². The number of carbonyl (C=O) groups excluding carboxylic acids is 2. The van der Waals surface area contributed by atoms with Crippen molar-refractivity contribution in [2.24, 2.45) is 0 Å². The molecule has 1 aliphatic carbocycles. The first kappa shape index (κ1) is 27.1. The van der Waals surface area contributed by atoms with Gasteiger partial charge in [0, 0.05) is 34.9 Å². The molecule has 1 N–H and O–H groups in total. The number of ether oxygens (including phenoxy) is 5. The monoisotopic (exact) mass is 521 g/mol. The van der Waals surface area contributed by atoms with Gasteiger partial charge in [0.2, 0.25) is 5.75 Å². The summed E-state index contributed by atoms with van der Waals surface area (Å²) in [7, 11) is 6.22. The lowest BCUT2D eigenvalue weighted by atomic mass is 9.71. The molecule has 2 aromatic rings. The number of ketones is 1. The molecule has 8 nitrogen and oxygen atoms in total. The molecule has 0 bridgehead atoms. The van der Waals surface area contributed by atoms with E-state index in [1.807, 2.05) is 37.3 Å². The number of hydrogen-bond acceptors (Lipinski definition) is 8. The van der Waals surface area contributed by atoms with Gasteiger partial charge in [0.1, 0.15) is 5.75 Å². The summed E-state index contributed by atoms with van der Waals surface area (Å²) >= 11 is 0. The third-order valence-corrected chi connectivity index (χ3v) is 7.01. The van der Waals surface area contributed by atoms with Gasteiger partial charge in [-0.3, -0.25) is 4.79 Å². The van der Waals surface area contributed by atoms with Gasteiger partial charge in [0.25, 0.3) is 0 Å². The summed E-state index contributed by atoms with van der Waals surface area (Å²) in [5.41, 5.74) is 3.90.